The predicted molar refractivity (Wildman–Crippen MR) is 74.3 cm³/mol. The van der Waals surface area contributed by atoms with Gasteiger partial charge in [-0.25, -0.2) is 4.39 Å². The number of hydrogen-bond acceptors (Lipinski definition) is 3. The van der Waals surface area contributed by atoms with Crippen LogP contribution in [0.2, 0.25) is 0 Å². The molecular weight excluding hydrogens is 257 g/mol. The first-order valence-corrected chi connectivity index (χ1v) is 6.08. The van der Waals surface area contributed by atoms with Gasteiger partial charge < -0.3 is 9.47 Å². The Labute approximate surface area is 117 Å². The lowest BCUT2D eigenvalue weighted by Crippen LogP contribution is -1.95. The van der Waals surface area contributed by atoms with Gasteiger partial charge in [0.1, 0.15) is 5.75 Å². The first-order chi connectivity index (χ1) is 9.71. The van der Waals surface area contributed by atoms with Crippen molar-refractivity contribution < 1.29 is 13.9 Å². The van der Waals surface area contributed by atoms with Crippen molar-refractivity contribution in [1.82, 2.24) is 0 Å². The van der Waals surface area contributed by atoms with Gasteiger partial charge in [-0.3, -0.25) is 0 Å². The van der Waals surface area contributed by atoms with Crippen LogP contribution in [0.5, 0.6) is 11.5 Å². The lowest BCUT2D eigenvalue weighted by molar-refractivity contribution is 0.387. The Morgan fingerprint density at radius 1 is 1.05 bits per heavy atom. The van der Waals surface area contributed by atoms with Crippen molar-refractivity contribution in [3.63, 3.8) is 0 Å². The molecule has 0 aliphatic carbocycles. The summed E-state index contributed by atoms with van der Waals surface area (Å²) in [6.07, 6.45) is 0.289. The number of hydrogen-bond donors (Lipinski definition) is 0. The van der Waals surface area contributed by atoms with Gasteiger partial charge in [0.15, 0.2) is 11.6 Å². The molecule has 0 aromatic heterocycles. The van der Waals surface area contributed by atoms with Crippen LogP contribution < -0.4 is 9.47 Å². The molecule has 0 radical (unpaired) electrons. The summed E-state index contributed by atoms with van der Waals surface area (Å²) in [7, 11) is 2.95. The van der Waals surface area contributed by atoms with Crippen molar-refractivity contribution in [2.24, 2.45) is 0 Å². The van der Waals surface area contributed by atoms with E-state index in [-0.39, 0.29) is 12.2 Å². The van der Waals surface area contributed by atoms with Crippen LogP contribution in [0, 0.1) is 17.1 Å². The number of halogens is 1. The lowest BCUT2D eigenvalue weighted by Gasteiger charge is -2.12. The third kappa shape index (κ3) is 2.57. The van der Waals surface area contributed by atoms with Gasteiger partial charge in [0.05, 0.1) is 26.7 Å². The first kappa shape index (κ1) is 13.9. The highest BCUT2D eigenvalue weighted by atomic mass is 19.1. The molecule has 2 aromatic rings. The van der Waals surface area contributed by atoms with E-state index in [1.807, 2.05) is 0 Å². The average Bonchev–Trinajstić information content (AvgIpc) is 2.48. The largest absolute Gasteiger partial charge is 0.496 e. The van der Waals surface area contributed by atoms with E-state index in [4.69, 9.17) is 14.7 Å². The minimum absolute atomic E-state index is 0.186. The first-order valence-electron chi connectivity index (χ1n) is 6.08. The van der Waals surface area contributed by atoms with E-state index in [0.29, 0.717) is 16.9 Å². The molecule has 0 unspecified atom stereocenters. The zero-order valence-electron chi connectivity index (χ0n) is 11.3. The molecule has 0 aliphatic rings. The molecule has 0 fully saturated rings. The summed E-state index contributed by atoms with van der Waals surface area (Å²) < 4.78 is 24.6. The van der Waals surface area contributed by atoms with Crippen LogP contribution in [0.1, 0.15) is 5.56 Å². The van der Waals surface area contributed by atoms with Crippen molar-refractivity contribution in [3.8, 4) is 28.7 Å². The van der Waals surface area contributed by atoms with Gasteiger partial charge in [-0.2, -0.15) is 5.26 Å². The quantitative estimate of drug-likeness (QED) is 0.853. The monoisotopic (exact) mass is 271 g/mol. The maximum atomic E-state index is 14.3. The second-order valence-electron chi connectivity index (χ2n) is 4.19. The van der Waals surface area contributed by atoms with Crippen LogP contribution in [0.15, 0.2) is 36.4 Å². The van der Waals surface area contributed by atoms with E-state index < -0.39 is 5.82 Å². The maximum Gasteiger partial charge on any atom is 0.172 e. The molecule has 0 spiro atoms. The third-order valence-corrected chi connectivity index (χ3v) is 3.02. The number of benzene rings is 2. The molecule has 0 bridgehead atoms. The molecular formula is C16H14FNO2. The Balaban J connectivity index is 2.55. The van der Waals surface area contributed by atoms with Gasteiger partial charge in [0.25, 0.3) is 0 Å². The van der Waals surface area contributed by atoms with Crippen molar-refractivity contribution >= 4 is 0 Å². The fourth-order valence-electron chi connectivity index (χ4n) is 2.04. The van der Waals surface area contributed by atoms with E-state index in [1.165, 1.54) is 14.2 Å². The van der Waals surface area contributed by atoms with Crippen molar-refractivity contribution in [3.05, 3.63) is 47.8 Å². The van der Waals surface area contributed by atoms with Gasteiger partial charge >= 0.3 is 0 Å². The van der Waals surface area contributed by atoms with Crippen molar-refractivity contribution in [2.45, 2.75) is 6.42 Å². The SMILES string of the molecule is COc1cc(CC#N)ccc1-c1cccc(OC)c1F. The van der Waals surface area contributed by atoms with Gasteiger partial charge in [-0.05, 0) is 17.7 Å². The number of nitriles is 1. The molecule has 0 aliphatic heterocycles. The van der Waals surface area contributed by atoms with Crippen LogP contribution in [0.4, 0.5) is 4.39 Å². The van der Waals surface area contributed by atoms with E-state index in [2.05, 4.69) is 6.07 Å². The van der Waals surface area contributed by atoms with Crippen LogP contribution in [0.25, 0.3) is 11.1 Å². The third-order valence-electron chi connectivity index (χ3n) is 3.02. The molecule has 4 heteroatoms. The molecule has 20 heavy (non-hydrogen) atoms. The number of ether oxygens (including phenoxy) is 2. The van der Waals surface area contributed by atoms with Crippen LogP contribution >= 0.6 is 0 Å². The molecule has 3 nitrogen and oxygen atoms in total. The molecule has 0 amide bonds. The minimum atomic E-state index is -0.429. The second-order valence-corrected chi connectivity index (χ2v) is 4.19. The molecule has 102 valence electrons. The van der Waals surface area contributed by atoms with Gasteiger partial charge in [-0.15, -0.1) is 0 Å². The van der Waals surface area contributed by atoms with Crippen LogP contribution in [-0.2, 0) is 6.42 Å². The molecule has 2 aromatic carbocycles. The average molecular weight is 271 g/mol. The van der Waals surface area contributed by atoms with E-state index in [0.717, 1.165) is 5.56 Å². The topological polar surface area (TPSA) is 42.2 Å². The molecule has 0 heterocycles. The second kappa shape index (κ2) is 6.07. The molecule has 0 saturated carbocycles. The summed E-state index contributed by atoms with van der Waals surface area (Å²) in [5.74, 6) is 0.289. The van der Waals surface area contributed by atoms with E-state index in [9.17, 15) is 4.39 Å². The Bertz CT molecular complexity index is 662. The summed E-state index contributed by atoms with van der Waals surface area (Å²) in [6.45, 7) is 0. The smallest absolute Gasteiger partial charge is 0.172 e. The molecule has 0 atom stereocenters. The number of nitrogens with zero attached hydrogens (tertiary/aromatic N) is 1. The Morgan fingerprint density at radius 2 is 1.80 bits per heavy atom. The van der Waals surface area contributed by atoms with Crippen molar-refractivity contribution in [2.75, 3.05) is 14.2 Å². The molecule has 0 N–H and O–H groups in total. The lowest BCUT2D eigenvalue weighted by atomic mass is 10.0. The normalized spacial score (nSPS) is 9.90. The summed E-state index contributed by atoms with van der Waals surface area (Å²) in [5.41, 5.74) is 1.87. The summed E-state index contributed by atoms with van der Waals surface area (Å²) in [6, 6.07) is 12.3. The Morgan fingerprint density at radius 3 is 2.45 bits per heavy atom. The Kier molecular flexibility index (Phi) is 4.21. The fourth-order valence-corrected chi connectivity index (χ4v) is 2.04. The number of rotatable bonds is 4. The maximum absolute atomic E-state index is 14.3. The van der Waals surface area contributed by atoms with Crippen LogP contribution in [0.3, 0.4) is 0 Å². The highest BCUT2D eigenvalue weighted by molar-refractivity contribution is 5.72. The highest BCUT2D eigenvalue weighted by Crippen LogP contribution is 2.35. The number of methoxy groups -OCH3 is 2. The highest BCUT2D eigenvalue weighted by Gasteiger charge is 2.14. The summed E-state index contributed by atoms with van der Waals surface area (Å²) >= 11 is 0. The minimum Gasteiger partial charge on any atom is -0.496 e. The van der Waals surface area contributed by atoms with Crippen molar-refractivity contribution in [1.29, 1.82) is 5.26 Å². The summed E-state index contributed by atoms with van der Waals surface area (Å²) in [4.78, 5) is 0. The van der Waals surface area contributed by atoms with Crippen LogP contribution in [-0.4, -0.2) is 14.2 Å². The Hall–Kier alpha value is -2.54. The predicted octanol–water partition coefficient (Wildman–Crippen LogP) is 3.58. The van der Waals surface area contributed by atoms with Gasteiger partial charge in [-0.1, -0.05) is 24.3 Å². The van der Waals surface area contributed by atoms with E-state index >= 15 is 0 Å². The van der Waals surface area contributed by atoms with Gasteiger partial charge in [0.2, 0.25) is 0 Å². The van der Waals surface area contributed by atoms with Gasteiger partial charge in [0, 0.05) is 11.1 Å². The zero-order valence-corrected chi connectivity index (χ0v) is 11.3. The molecule has 2 rings (SSSR count). The van der Waals surface area contributed by atoms with E-state index in [1.54, 1.807) is 36.4 Å². The zero-order chi connectivity index (χ0) is 14.5. The molecule has 0 saturated heterocycles. The fraction of sp³-hybridized carbons (Fsp3) is 0.188. The standard InChI is InChI=1S/C16H14FNO2/c1-19-14-5-3-4-13(16(14)17)12-7-6-11(8-9-18)10-15(12)20-2/h3-7,10H,8H2,1-2H3. The summed E-state index contributed by atoms with van der Waals surface area (Å²) in [5, 5.41) is 8.71.